The predicted octanol–water partition coefficient (Wildman–Crippen LogP) is 5.88. The highest BCUT2D eigenvalue weighted by Gasteiger charge is 2.32. The van der Waals surface area contributed by atoms with Crippen LogP contribution in [-0.2, 0) is 11.3 Å². The Morgan fingerprint density at radius 3 is 2.48 bits per heavy atom. The first kappa shape index (κ1) is 27.2. The number of hydrogen-bond donors (Lipinski definition) is 0. The number of nitrogens with zero attached hydrogens (tertiary/aromatic N) is 2. The van der Waals surface area contributed by atoms with Crippen LogP contribution in [0.3, 0.4) is 0 Å². The molecule has 0 aliphatic carbocycles. The van der Waals surface area contributed by atoms with Crippen LogP contribution in [0.2, 0.25) is 5.02 Å². The van der Waals surface area contributed by atoms with E-state index >= 15 is 0 Å². The van der Waals surface area contributed by atoms with Crippen molar-refractivity contribution in [2.24, 2.45) is 0 Å². The summed E-state index contributed by atoms with van der Waals surface area (Å²) in [4.78, 5) is 11.1. The Morgan fingerprint density at radius 2 is 1.77 bits per heavy atom. The van der Waals surface area contributed by atoms with Gasteiger partial charge in [0.1, 0.15) is 29.0 Å². The second-order valence-corrected chi connectivity index (χ2v) is 9.41. The van der Waals surface area contributed by atoms with E-state index in [9.17, 15) is 23.1 Å². The number of fused-ring (bicyclic) bond motifs is 2. The molecule has 12 heteroatoms. The normalized spacial score (nSPS) is 12.6. The highest BCUT2D eigenvalue weighted by atomic mass is 35.5. The zero-order valence-corrected chi connectivity index (χ0v) is 22.1. The summed E-state index contributed by atoms with van der Waals surface area (Å²) >= 11 is 6.47. The average Bonchev–Trinajstić information content (AvgIpc) is 3.42. The number of benzene rings is 3. The molecular formula is C28H21ClF3N2O6-. The Labute approximate surface area is 230 Å². The molecule has 0 unspecified atom stereocenters. The van der Waals surface area contributed by atoms with Crippen LogP contribution < -0.4 is 19.3 Å². The summed E-state index contributed by atoms with van der Waals surface area (Å²) in [5, 5.41) is 17.0. The summed E-state index contributed by atoms with van der Waals surface area (Å²) in [6.07, 6.45) is -6.09. The number of methoxy groups -OCH3 is 1. The standard InChI is InChI=1S/C28H22ClF3N2O6/c1-14-25(26-21-8-4-17(37-3)12-24(21)40-33-26)20-7-5-19(39-28(30,31)32)11-23(20)34(14)13-16-10-18(6-9-22(16)29)38-15(2)27(35)36/h4-12,15H,13H2,1-3H3,(H,35,36)/p-1/t15-/m1/s1. The maximum atomic E-state index is 13.1. The maximum Gasteiger partial charge on any atom is 0.573 e. The van der Waals surface area contributed by atoms with Crippen molar-refractivity contribution in [1.29, 1.82) is 0 Å². The summed E-state index contributed by atoms with van der Waals surface area (Å²) < 4.78 is 61.4. The largest absolute Gasteiger partial charge is 0.573 e. The number of carbonyl (C=O) groups is 1. The smallest absolute Gasteiger partial charge is 0.546 e. The van der Waals surface area contributed by atoms with E-state index in [2.05, 4.69) is 9.89 Å². The molecule has 0 aliphatic rings. The number of hydrogen-bond acceptors (Lipinski definition) is 7. The van der Waals surface area contributed by atoms with Crippen LogP contribution in [0.1, 0.15) is 18.2 Å². The van der Waals surface area contributed by atoms with Gasteiger partial charge in [0.2, 0.25) is 0 Å². The lowest BCUT2D eigenvalue weighted by Crippen LogP contribution is -2.37. The van der Waals surface area contributed by atoms with Crippen molar-refractivity contribution < 1.29 is 41.8 Å². The molecule has 2 heterocycles. The van der Waals surface area contributed by atoms with Crippen LogP contribution in [0.25, 0.3) is 33.1 Å². The lowest BCUT2D eigenvalue weighted by atomic mass is 10.0. The van der Waals surface area contributed by atoms with Crippen molar-refractivity contribution in [2.45, 2.75) is 32.9 Å². The minimum Gasteiger partial charge on any atom is -0.546 e. The van der Waals surface area contributed by atoms with Crippen molar-refractivity contribution in [3.05, 3.63) is 70.9 Å². The zero-order valence-electron chi connectivity index (χ0n) is 21.3. The molecule has 3 aromatic carbocycles. The second kappa shape index (κ2) is 10.3. The topological polar surface area (TPSA) is 98.8 Å². The average molecular weight is 574 g/mol. The van der Waals surface area contributed by atoms with Crippen LogP contribution >= 0.6 is 11.6 Å². The summed E-state index contributed by atoms with van der Waals surface area (Å²) in [5.41, 5.74) is 3.23. The van der Waals surface area contributed by atoms with Gasteiger partial charge in [-0.2, -0.15) is 0 Å². The predicted molar refractivity (Wildman–Crippen MR) is 139 cm³/mol. The zero-order chi connectivity index (χ0) is 28.8. The monoisotopic (exact) mass is 573 g/mol. The molecule has 1 atom stereocenters. The number of alkyl halides is 3. The van der Waals surface area contributed by atoms with Crippen molar-refractivity contribution in [3.63, 3.8) is 0 Å². The molecule has 40 heavy (non-hydrogen) atoms. The Bertz CT molecular complexity index is 1740. The highest BCUT2D eigenvalue weighted by Crippen LogP contribution is 2.41. The first-order chi connectivity index (χ1) is 18.9. The van der Waals surface area contributed by atoms with Crippen LogP contribution in [0.15, 0.2) is 59.1 Å². The number of carboxylic acid groups (broad SMARTS) is 1. The molecule has 0 saturated carbocycles. The van der Waals surface area contributed by atoms with Gasteiger partial charge in [-0.3, -0.25) is 0 Å². The van der Waals surface area contributed by atoms with Crippen molar-refractivity contribution in [2.75, 3.05) is 7.11 Å². The molecule has 0 radical (unpaired) electrons. The summed E-state index contributed by atoms with van der Waals surface area (Å²) in [6.45, 7) is 3.24. The molecule has 0 aliphatic heterocycles. The number of rotatable bonds is 8. The van der Waals surface area contributed by atoms with E-state index in [0.717, 1.165) is 0 Å². The molecule has 0 fully saturated rings. The Balaban J connectivity index is 1.67. The van der Waals surface area contributed by atoms with E-state index < -0.39 is 24.2 Å². The fourth-order valence-electron chi connectivity index (χ4n) is 4.55. The number of aliphatic carboxylic acids is 1. The van der Waals surface area contributed by atoms with Crippen LogP contribution in [-0.4, -0.2) is 35.3 Å². The van der Waals surface area contributed by atoms with E-state index in [4.69, 9.17) is 25.6 Å². The second-order valence-electron chi connectivity index (χ2n) is 9.00. The summed E-state index contributed by atoms with van der Waals surface area (Å²) in [5.74, 6) is -0.968. The molecule has 0 saturated heterocycles. The quantitative estimate of drug-likeness (QED) is 0.228. The van der Waals surface area contributed by atoms with Gasteiger partial charge >= 0.3 is 6.36 Å². The number of halogens is 4. The third-order valence-corrected chi connectivity index (χ3v) is 6.80. The number of aromatic nitrogens is 2. The lowest BCUT2D eigenvalue weighted by Gasteiger charge is -2.17. The minimum absolute atomic E-state index is 0.108. The lowest BCUT2D eigenvalue weighted by molar-refractivity contribution is -0.312. The van der Waals surface area contributed by atoms with Gasteiger partial charge in [-0.15, -0.1) is 13.2 Å². The van der Waals surface area contributed by atoms with Crippen LogP contribution in [0.5, 0.6) is 17.2 Å². The SMILES string of the molecule is COc1ccc2c(-c3c(C)n(Cc4cc(O[C@H](C)C(=O)[O-])ccc4Cl)c4cc(OC(F)(F)F)ccc34)noc2c1. The van der Waals surface area contributed by atoms with Gasteiger partial charge in [0.05, 0.1) is 24.0 Å². The third-order valence-electron chi connectivity index (χ3n) is 6.44. The van der Waals surface area contributed by atoms with Gasteiger partial charge < -0.3 is 33.2 Å². The Morgan fingerprint density at radius 1 is 1.07 bits per heavy atom. The Kier molecular flexibility index (Phi) is 7.01. The molecule has 2 aromatic heterocycles. The maximum absolute atomic E-state index is 13.1. The number of carbonyl (C=O) groups excluding carboxylic acids is 1. The van der Waals surface area contributed by atoms with Crippen LogP contribution in [0, 0.1) is 6.92 Å². The first-order valence-electron chi connectivity index (χ1n) is 11.9. The van der Waals surface area contributed by atoms with E-state index in [0.29, 0.717) is 55.2 Å². The minimum atomic E-state index is -4.88. The van der Waals surface area contributed by atoms with E-state index in [1.807, 2.05) is 0 Å². The third kappa shape index (κ3) is 5.24. The molecule has 5 rings (SSSR count). The molecule has 5 aromatic rings. The molecule has 0 amide bonds. The van der Waals surface area contributed by atoms with Gasteiger partial charge in [0.15, 0.2) is 5.58 Å². The van der Waals surface area contributed by atoms with Gasteiger partial charge in [-0.1, -0.05) is 16.8 Å². The highest BCUT2D eigenvalue weighted by molar-refractivity contribution is 6.31. The van der Waals surface area contributed by atoms with Gasteiger partial charge in [-0.05, 0) is 61.9 Å². The number of ether oxygens (including phenoxy) is 3. The molecule has 0 N–H and O–H groups in total. The summed E-state index contributed by atoms with van der Waals surface area (Å²) in [6, 6.07) is 13.9. The van der Waals surface area contributed by atoms with Gasteiger partial charge in [0, 0.05) is 40.3 Å². The first-order valence-corrected chi connectivity index (χ1v) is 12.3. The van der Waals surface area contributed by atoms with E-state index in [-0.39, 0.29) is 12.3 Å². The fourth-order valence-corrected chi connectivity index (χ4v) is 4.73. The Hall–Kier alpha value is -4.38. The molecule has 208 valence electrons. The van der Waals surface area contributed by atoms with Gasteiger partial charge in [0.25, 0.3) is 0 Å². The number of carboxylic acids is 1. The van der Waals surface area contributed by atoms with Crippen molar-refractivity contribution >= 4 is 39.4 Å². The molecule has 0 spiro atoms. The molecule has 8 nitrogen and oxygen atoms in total. The van der Waals surface area contributed by atoms with E-state index in [1.54, 1.807) is 41.8 Å². The summed E-state index contributed by atoms with van der Waals surface area (Å²) in [7, 11) is 1.53. The van der Waals surface area contributed by atoms with E-state index in [1.165, 1.54) is 38.3 Å². The molecule has 0 bridgehead atoms. The van der Waals surface area contributed by atoms with Crippen molar-refractivity contribution in [3.8, 4) is 28.5 Å². The van der Waals surface area contributed by atoms with Crippen molar-refractivity contribution in [1.82, 2.24) is 9.72 Å². The molecular weight excluding hydrogens is 553 g/mol. The van der Waals surface area contributed by atoms with Crippen LogP contribution in [0.4, 0.5) is 13.2 Å². The fraction of sp³-hybridized carbons (Fsp3) is 0.214. The van der Waals surface area contributed by atoms with Gasteiger partial charge in [-0.25, -0.2) is 0 Å².